The van der Waals surface area contributed by atoms with Gasteiger partial charge in [0.05, 0.1) is 13.5 Å². The fraction of sp³-hybridized carbons (Fsp3) is 0.133. The molecule has 0 aromatic heterocycles. The molecule has 18 heavy (non-hydrogen) atoms. The second-order valence-electron chi connectivity index (χ2n) is 4.20. The SMILES string of the molecule is [B]Cc1ccccc1C1=Nc2ccccc2CS1. The molecular formula is C15H12BNS. The third-order valence-corrected chi connectivity index (χ3v) is 4.09. The van der Waals surface area contributed by atoms with Crippen molar-refractivity contribution in [2.75, 3.05) is 0 Å². The lowest BCUT2D eigenvalue weighted by Gasteiger charge is -2.16. The van der Waals surface area contributed by atoms with Crippen molar-refractivity contribution in [1.29, 1.82) is 0 Å². The lowest BCUT2D eigenvalue weighted by atomic mass is 9.93. The van der Waals surface area contributed by atoms with Gasteiger partial charge in [0.15, 0.2) is 0 Å². The van der Waals surface area contributed by atoms with E-state index in [2.05, 4.69) is 30.3 Å². The maximum atomic E-state index is 5.79. The summed E-state index contributed by atoms with van der Waals surface area (Å²) >= 11 is 1.78. The molecule has 0 fully saturated rings. The molecule has 2 aromatic rings. The van der Waals surface area contributed by atoms with Gasteiger partial charge < -0.3 is 0 Å². The highest BCUT2D eigenvalue weighted by Gasteiger charge is 2.15. The van der Waals surface area contributed by atoms with Crippen LogP contribution >= 0.6 is 11.8 Å². The van der Waals surface area contributed by atoms with Crippen LogP contribution in [0.15, 0.2) is 53.5 Å². The Kier molecular flexibility index (Phi) is 3.24. The van der Waals surface area contributed by atoms with Gasteiger partial charge in [0.25, 0.3) is 0 Å². The van der Waals surface area contributed by atoms with Crippen molar-refractivity contribution in [3.63, 3.8) is 0 Å². The summed E-state index contributed by atoms with van der Waals surface area (Å²) < 4.78 is 0. The van der Waals surface area contributed by atoms with Crippen LogP contribution in [0.3, 0.4) is 0 Å². The van der Waals surface area contributed by atoms with Gasteiger partial charge >= 0.3 is 0 Å². The Morgan fingerprint density at radius 2 is 1.83 bits per heavy atom. The molecule has 0 saturated heterocycles. The molecule has 86 valence electrons. The van der Waals surface area contributed by atoms with E-state index in [1.807, 2.05) is 18.2 Å². The van der Waals surface area contributed by atoms with E-state index < -0.39 is 0 Å². The van der Waals surface area contributed by atoms with Crippen molar-refractivity contribution in [3.8, 4) is 0 Å². The zero-order valence-electron chi connectivity index (χ0n) is 9.97. The van der Waals surface area contributed by atoms with Crippen LogP contribution in [0.5, 0.6) is 0 Å². The first-order chi connectivity index (χ1) is 8.88. The molecule has 1 aliphatic rings. The van der Waals surface area contributed by atoms with Crippen LogP contribution in [-0.2, 0) is 12.1 Å². The standard InChI is InChI=1S/C15H12BNS/c16-9-11-5-1-3-7-13(11)15-17-14-8-4-2-6-12(14)10-18-15/h1-8H,9-10H2. The molecule has 0 bridgehead atoms. The lowest BCUT2D eigenvalue weighted by molar-refractivity contribution is 1.33. The minimum Gasteiger partial charge on any atom is -0.241 e. The Labute approximate surface area is 113 Å². The lowest BCUT2D eigenvalue weighted by Crippen LogP contribution is -2.05. The molecule has 0 amide bonds. The van der Waals surface area contributed by atoms with Crippen LogP contribution in [-0.4, -0.2) is 12.9 Å². The van der Waals surface area contributed by atoms with Crippen LogP contribution in [0, 0.1) is 0 Å². The Hall–Kier alpha value is -1.48. The Balaban J connectivity index is 2.07. The molecule has 0 N–H and O–H groups in total. The van der Waals surface area contributed by atoms with Crippen molar-refractivity contribution in [2.24, 2.45) is 4.99 Å². The summed E-state index contributed by atoms with van der Waals surface area (Å²) in [5, 5.41) is 1.08. The van der Waals surface area contributed by atoms with Crippen LogP contribution in [0.1, 0.15) is 16.7 Å². The van der Waals surface area contributed by atoms with Gasteiger partial charge in [-0.05, 0) is 17.2 Å². The number of para-hydroxylation sites is 1. The van der Waals surface area contributed by atoms with Gasteiger partial charge in [0.1, 0.15) is 5.04 Å². The summed E-state index contributed by atoms with van der Waals surface area (Å²) in [4.78, 5) is 4.75. The van der Waals surface area contributed by atoms with Gasteiger partial charge in [0, 0.05) is 11.3 Å². The normalized spacial score (nSPS) is 13.9. The van der Waals surface area contributed by atoms with Crippen molar-refractivity contribution in [1.82, 2.24) is 0 Å². The van der Waals surface area contributed by atoms with E-state index in [-0.39, 0.29) is 0 Å². The Morgan fingerprint density at radius 1 is 1.06 bits per heavy atom. The Morgan fingerprint density at radius 3 is 2.72 bits per heavy atom. The fourth-order valence-corrected chi connectivity index (χ4v) is 3.13. The highest BCUT2D eigenvalue weighted by Crippen LogP contribution is 2.33. The second kappa shape index (κ2) is 5.03. The molecule has 0 aliphatic carbocycles. The highest BCUT2D eigenvalue weighted by molar-refractivity contribution is 8.13. The predicted molar refractivity (Wildman–Crippen MR) is 79.8 cm³/mol. The summed E-state index contributed by atoms with van der Waals surface area (Å²) in [5.41, 5.74) is 4.71. The second-order valence-corrected chi connectivity index (χ2v) is 5.16. The molecule has 3 heteroatoms. The van der Waals surface area contributed by atoms with E-state index in [4.69, 9.17) is 12.8 Å². The molecule has 0 unspecified atom stereocenters. The van der Waals surface area contributed by atoms with Crippen molar-refractivity contribution in [3.05, 3.63) is 65.2 Å². The molecule has 0 atom stereocenters. The largest absolute Gasteiger partial charge is 0.241 e. The first-order valence-corrected chi connectivity index (χ1v) is 6.95. The number of fused-ring (bicyclic) bond motifs is 1. The molecule has 2 aromatic carbocycles. The number of hydrogen-bond donors (Lipinski definition) is 0. The number of hydrogen-bond acceptors (Lipinski definition) is 2. The number of thioether (sulfide) groups is 1. The third kappa shape index (κ3) is 2.11. The van der Waals surface area contributed by atoms with Gasteiger partial charge in [-0.1, -0.05) is 48.8 Å². The van der Waals surface area contributed by atoms with Gasteiger partial charge in [-0.15, -0.1) is 11.8 Å². The third-order valence-electron chi connectivity index (χ3n) is 3.05. The van der Waals surface area contributed by atoms with Gasteiger partial charge in [0.2, 0.25) is 0 Å². The molecule has 1 aliphatic heterocycles. The monoisotopic (exact) mass is 249 g/mol. The molecule has 0 spiro atoms. The Bertz CT molecular complexity index is 607. The van der Waals surface area contributed by atoms with E-state index in [0.29, 0.717) is 6.32 Å². The summed E-state index contributed by atoms with van der Waals surface area (Å²) in [7, 11) is 5.79. The van der Waals surface area contributed by atoms with Crippen LogP contribution in [0.2, 0.25) is 0 Å². The first-order valence-electron chi connectivity index (χ1n) is 5.96. The maximum Gasteiger partial charge on any atom is 0.104 e. The number of nitrogens with zero attached hydrogens (tertiary/aromatic N) is 1. The van der Waals surface area contributed by atoms with Gasteiger partial charge in [-0.2, -0.15) is 0 Å². The minimum atomic E-state index is 0.553. The molecule has 3 rings (SSSR count). The zero-order valence-corrected chi connectivity index (χ0v) is 10.8. The predicted octanol–water partition coefficient (Wildman–Crippen LogP) is 3.68. The molecular weight excluding hydrogens is 237 g/mol. The van der Waals surface area contributed by atoms with Crippen molar-refractivity contribution < 1.29 is 0 Å². The fourth-order valence-electron chi connectivity index (χ4n) is 2.07. The summed E-state index contributed by atoms with van der Waals surface area (Å²) in [6.07, 6.45) is 0.553. The molecule has 1 heterocycles. The highest BCUT2D eigenvalue weighted by atomic mass is 32.2. The smallest absolute Gasteiger partial charge is 0.104 e. The van der Waals surface area contributed by atoms with Gasteiger partial charge in [-0.3, -0.25) is 0 Å². The van der Waals surface area contributed by atoms with E-state index in [0.717, 1.165) is 22.0 Å². The zero-order chi connectivity index (χ0) is 12.4. The van der Waals surface area contributed by atoms with Crippen molar-refractivity contribution >= 4 is 30.3 Å². The van der Waals surface area contributed by atoms with Crippen LogP contribution in [0.25, 0.3) is 0 Å². The van der Waals surface area contributed by atoms with E-state index in [9.17, 15) is 0 Å². The summed E-state index contributed by atoms with van der Waals surface area (Å²) in [6.45, 7) is 0. The topological polar surface area (TPSA) is 12.4 Å². The average molecular weight is 249 g/mol. The van der Waals surface area contributed by atoms with E-state index in [1.54, 1.807) is 11.8 Å². The quantitative estimate of drug-likeness (QED) is 0.739. The minimum absolute atomic E-state index is 0.553. The maximum absolute atomic E-state index is 5.79. The van der Waals surface area contributed by atoms with Crippen molar-refractivity contribution in [2.45, 2.75) is 12.1 Å². The van der Waals surface area contributed by atoms with Crippen LogP contribution < -0.4 is 0 Å². The number of benzene rings is 2. The molecule has 1 nitrogen and oxygen atoms in total. The summed E-state index contributed by atoms with van der Waals surface area (Å²) in [5.74, 6) is 0.980. The average Bonchev–Trinajstić information content (AvgIpc) is 2.46. The van der Waals surface area contributed by atoms with E-state index in [1.165, 1.54) is 11.1 Å². The van der Waals surface area contributed by atoms with Crippen LogP contribution in [0.4, 0.5) is 5.69 Å². The van der Waals surface area contributed by atoms with Gasteiger partial charge in [-0.25, -0.2) is 4.99 Å². The molecule has 2 radical (unpaired) electrons. The number of aliphatic imine (C=N–C) groups is 1. The first kappa shape index (κ1) is 11.6. The van der Waals surface area contributed by atoms with E-state index >= 15 is 0 Å². The number of rotatable bonds is 2. The summed E-state index contributed by atoms with van der Waals surface area (Å²) in [6, 6.07) is 16.5. The molecule has 0 saturated carbocycles.